The van der Waals surface area contributed by atoms with E-state index in [9.17, 15) is 4.79 Å². The van der Waals surface area contributed by atoms with Gasteiger partial charge < -0.3 is 14.8 Å². The molecule has 4 aromatic rings. The summed E-state index contributed by atoms with van der Waals surface area (Å²) in [5, 5.41) is 3.64. The smallest absolute Gasteiger partial charge is 0.340 e. The molecular weight excluding hydrogens is 398 g/mol. The number of hydrogen-bond acceptors (Lipinski definition) is 4. The van der Waals surface area contributed by atoms with Crippen LogP contribution in [-0.4, -0.2) is 5.97 Å². The molecule has 0 amide bonds. The van der Waals surface area contributed by atoms with Gasteiger partial charge in [-0.05, 0) is 36.8 Å². The Morgan fingerprint density at radius 2 is 1.44 bits per heavy atom. The molecule has 2 heterocycles. The number of hydrogen-bond donors (Lipinski definition) is 1. The van der Waals surface area contributed by atoms with Crippen LogP contribution in [0.1, 0.15) is 45.6 Å². The number of ether oxygens (including phenoxy) is 2. The van der Waals surface area contributed by atoms with Gasteiger partial charge in [0.2, 0.25) is 0 Å². The third kappa shape index (κ3) is 2.59. The van der Waals surface area contributed by atoms with Crippen molar-refractivity contribution in [3.05, 3.63) is 125 Å². The van der Waals surface area contributed by atoms with E-state index in [0.717, 1.165) is 22.4 Å². The molecule has 0 radical (unpaired) electrons. The molecule has 0 aliphatic carbocycles. The first-order valence-electron chi connectivity index (χ1n) is 10.7. The normalized spacial score (nSPS) is 18.7. The minimum Gasteiger partial charge on any atom is -0.456 e. The van der Waals surface area contributed by atoms with Gasteiger partial charge in [0.1, 0.15) is 11.5 Å². The van der Waals surface area contributed by atoms with Crippen LogP contribution >= 0.6 is 0 Å². The predicted molar refractivity (Wildman–Crippen MR) is 123 cm³/mol. The molecule has 0 bridgehead atoms. The van der Waals surface area contributed by atoms with Crippen LogP contribution in [0.4, 0.5) is 5.69 Å². The van der Waals surface area contributed by atoms with Gasteiger partial charge in [0, 0.05) is 22.9 Å². The zero-order valence-corrected chi connectivity index (χ0v) is 17.5. The molecule has 2 aliphatic heterocycles. The summed E-state index contributed by atoms with van der Waals surface area (Å²) >= 11 is 0. The van der Waals surface area contributed by atoms with Crippen LogP contribution in [0.15, 0.2) is 97.1 Å². The molecule has 6 rings (SSSR count). The van der Waals surface area contributed by atoms with E-state index in [1.165, 1.54) is 5.56 Å². The Labute approximate surface area is 186 Å². The Morgan fingerprint density at radius 1 is 0.750 bits per heavy atom. The van der Waals surface area contributed by atoms with Gasteiger partial charge >= 0.3 is 5.97 Å². The van der Waals surface area contributed by atoms with Crippen LogP contribution in [0.5, 0.6) is 11.5 Å². The number of carbonyl (C=O) groups excluding carboxylic acids is 1. The highest BCUT2D eigenvalue weighted by atomic mass is 16.6. The fourth-order valence-corrected chi connectivity index (χ4v) is 4.86. The minimum absolute atomic E-state index is 0.0456. The summed E-state index contributed by atoms with van der Waals surface area (Å²) in [5.74, 6) is 1.05. The number of anilines is 1. The highest BCUT2D eigenvalue weighted by molar-refractivity contribution is 5.97. The van der Waals surface area contributed by atoms with Gasteiger partial charge in [0.15, 0.2) is 5.60 Å². The number of nitrogens with one attached hydrogen (secondary N) is 1. The van der Waals surface area contributed by atoms with Gasteiger partial charge in [-0.2, -0.15) is 0 Å². The molecular formula is C28H21NO3. The molecule has 4 nitrogen and oxygen atoms in total. The molecule has 156 valence electrons. The predicted octanol–water partition coefficient (Wildman–Crippen LogP) is 6.43. The van der Waals surface area contributed by atoms with Gasteiger partial charge in [0.25, 0.3) is 0 Å². The minimum atomic E-state index is -1.07. The quantitative estimate of drug-likeness (QED) is 0.389. The van der Waals surface area contributed by atoms with Crippen molar-refractivity contribution in [3.63, 3.8) is 0 Å². The fraction of sp³-hybridized carbons (Fsp3) is 0.107. The van der Waals surface area contributed by atoms with Crippen molar-refractivity contribution in [1.82, 2.24) is 0 Å². The molecule has 0 fully saturated rings. The van der Waals surface area contributed by atoms with Crippen molar-refractivity contribution in [2.24, 2.45) is 0 Å². The summed E-state index contributed by atoms with van der Waals surface area (Å²) in [4.78, 5) is 13.0. The van der Waals surface area contributed by atoms with Gasteiger partial charge in [-0.1, -0.05) is 72.8 Å². The van der Waals surface area contributed by atoms with Crippen molar-refractivity contribution < 1.29 is 14.3 Å². The summed E-state index contributed by atoms with van der Waals surface area (Å²) in [6, 6.07) is 31.6. The number of fused-ring (bicyclic) bond motifs is 6. The topological polar surface area (TPSA) is 47.6 Å². The first kappa shape index (κ1) is 18.7. The van der Waals surface area contributed by atoms with Gasteiger partial charge in [-0.3, -0.25) is 0 Å². The SMILES string of the molecule is CC(Nc1cccc2c1C1(OC(=O)c3ccccc31)c1ccccc1O2)c1ccccc1. The molecule has 4 heteroatoms. The summed E-state index contributed by atoms with van der Waals surface area (Å²) in [7, 11) is 0. The van der Waals surface area contributed by atoms with E-state index < -0.39 is 5.60 Å². The standard InChI is InChI=1S/C28H21NO3/c1-18(19-10-3-2-4-11-19)29-23-15-9-17-25-26(23)28(22-14-7-8-16-24(22)31-25)21-13-6-5-12-20(21)27(30)32-28/h2-18,29H,1H3. The summed E-state index contributed by atoms with van der Waals surface area (Å²) in [6.45, 7) is 2.12. The van der Waals surface area contributed by atoms with E-state index >= 15 is 0 Å². The van der Waals surface area contributed by atoms with Gasteiger partial charge in [0.05, 0.1) is 11.1 Å². The Bertz CT molecular complexity index is 1350. The maximum absolute atomic E-state index is 13.0. The molecule has 0 aromatic heterocycles. The van der Waals surface area contributed by atoms with Crippen LogP contribution in [0, 0.1) is 0 Å². The molecule has 2 aliphatic rings. The zero-order chi connectivity index (χ0) is 21.7. The average molecular weight is 419 g/mol. The van der Waals surface area contributed by atoms with Crippen LogP contribution in [0.3, 0.4) is 0 Å². The van der Waals surface area contributed by atoms with E-state index in [1.807, 2.05) is 84.9 Å². The van der Waals surface area contributed by atoms with Gasteiger partial charge in [-0.25, -0.2) is 4.79 Å². The largest absolute Gasteiger partial charge is 0.456 e. The summed E-state index contributed by atoms with van der Waals surface area (Å²) in [5.41, 5.74) is 4.03. The fourth-order valence-electron chi connectivity index (χ4n) is 4.86. The lowest BCUT2D eigenvalue weighted by Crippen LogP contribution is -2.34. The molecule has 2 unspecified atom stereocenters. The number of carbonyl (C=O) groups is 1. The third-order valence-corrected chi connectivity index (χ3v) is 6.31. The first-order chi connectivity index (χ1) is 15.7. The molecule has 1 N–H and O–H groups in total. The van der Waals surface area contributed by atoms with Crippen molar-refractivity contribution in [3.8, 4) is 11.5 Å². The van der Waals surface area contributed by atoms with Crippen LogP contribution in [0.25, 0.3) is 0 Å². The lowest BCUT2D eigenvalue weighted by molar-refractivity contribution is 0.0226. The van der Waals surface area contributed by atoms with Crippen molar-refractivity contribution >= 4 is 11.7 Å². The number of rotatable bonds is 3. The van der Waals surface area contributed by atoms with E-state index in [-0.39, 0.29) is 12.0 Å². The van der Waals surface area contributed by atoms with E-state index in [4.69, 9.17) is 9.47 Å². The average Bonchev–Trinajstić information content (AvgIpc) is 3.13. The molecule has 0 saturated carbocycles. The number of para-hydroxylation sites is 1. The molecule has 32 heavy (non-hydrogen) atoms. The van der Waals surface area contributed by atoms with Crippen molar-refractivity contribution in [2.75, 3.05) is 5.32 Å². The molecule has 2 atom stereocenters. The second-order valence-electron chi connectivity index (χ2n) is 8.17. The zero-order valence-electron chi connectivity index (χ0n) is 17.5. The highest BCUT2D eigenvalue weighted by Gasteiger charge is 2.54. The summed E-state index contributed by atoms with van der Waals surface area (Å²) < 4.78 is 12.6. The third-order valence-electron chi connectivity index (χ3n) is 6.31. The Morgan fingerprint density at radius 3 is 2.28 bits per heavy atom. The summed E-state index contributed by atoms with van der Waals surface area (Å²) in [6.07, 6.45) is 0. The lowest BCUT2D eigenvalue weighted by Gasteiger charge is -2.38. The monoisotopic (exact) mass is 419 g/mol. The Balaban J connectivity index is 1.59. The van der Waals surface area contributed by atoms with Gasteiger partial charge in [-0.15, -0.1) is 0 Å². The van der Waals surface area contributed by atoms with Crippen LogP contribution in [-0.2, 0) is 10.3 Å². The Kier molecular flexibility index (Phi) is 4.08. The van der Waals surface area contributed by atoms with Crippen LogP contribution < -0.4 is 10.1 Å². The van der Waals surface area contributed by atoms with Crippen LogP contribution in [0.2, 0.25) is 0 Å². The maximum atomic E-state index is 13.0. The second kappa shape index (κ2) is 6.99. The van der Waals surface area contributed by atoms with E-state index in [2.05, 4.69) is 24.4 Å². The van der Waals surface area contributed by atoms with Crippen molar-refractivity contribution in [1.29, 1.82) is 0 Å². The first-order valence-corrected chi connectivity index (χ1v) is 10.7. The Hall–Kier alpha value is -4.05. The number of benzene rings is 4. The lowest BCUT2D eigenvalue weighted by atomic mass is 9.77. The molecule has 0 saturated heterocycles. The number of esters is 1. The molecule has 1 spiro atoms. The second-order valence-corrected chi connectivity index (χ2v) is 8.17. The molecule has 4 aromatic carbocycles. The highest BCUT2D eigenvalue weighted by Crippen LogP contribution is 2.58. The van der Waals surface area contributed by atoms with E-state index in [1.54, 1.807) is 0 Å². The van der Waals surface area contributed by atoms with Crippen molar-refractivity contribution in [2.45, 2.75) is 18.6 Å². The van der Waals surface area contributed by atoms with E-state index in [0.29, 0.717) is 17.1 Å². The maximum Gasteiger partial charge on any atom is 0.340 e.